The molecule has 0 saturated heterocycles. The number of carbonyl (C=O) groups is 3. The maximum Gasteiger partial charge on any atom is 0.306 e. The Labute approximate surface area is 596 Å². The van der Waals surface area contributed by atoms with Gasteiger partial charge in [-0.25, -0.2) is 0 Å². The molecule has 0 N–H and O–H groups in total. The van der Waals surface area contributed by atoms with Gasteiger partial charge in [-0.3, -0.25) is 9.59 Å². The summed E-state index contributed by atoms with van der Waals surface area (Å²) >= 11 is 0. The normalized spacial score (nSPS) is 13.7. The summed E-state index contributed by atoms with van der Waals surface area (Å²) < 4.78 is 22.8. The molecule has 9 nitrogen and oxygen atoms in total. The maximum absolute atomic E-state index is 13.0. The van der Waals surface area contributed by atoms with Gasteiger partial charge in [0.2, 0.25) is 0 Å². The van der Waals surface area contributed by atoms with Crippen LogP contribution in [-0.2, 0) is 33.3 Å². The largest absolute Gasteiger partial charge is 0.545 e. The van der Waals surface area contributed by atoms with Crippen LogP contribution in [0.3, 0.4) is 0 Å². The number of carbonyl (C=O) groups excluding carboxylic acids is 3. The monoisotopic (exact) mass is 1340 g/mol. The van der Waals surface area contributed by atoms with Crippen molar-refractivity contribution in [2.75, 3.05) is 47.5 Å². The minimum absolute atomic E-state index is 0.139. The molecule has 2 unspecified atom stereocenters. The number of ether oxygens (including phenoxy) is 4. The molecule has 0 aromatic heterocycles. The van der Waals surface area contributed by atoms with Gasteiger partial charge >= 0.3 is 11.9 Å². The van der Waals surface area contributed by atoms with Gasteiger partial charge in [0, 0.05) is 12.8 Å². The molecule has 0 fully saturated rings. The van der Waals surface area contributed by atoms with Gasteiger partial charge in [0.05, 0.1) is 40.3 Å². The molecule has 548 valence electrons. The fourth-order valence-corrected chi connectivity index (χ4v) is 10.3. The lowest BCUT2D eigenvalue weighted by Gasteiger charge is -2.26. The van der Waals surface area contributed by atoms with E-state index in [-0.39, 0.29) is 38.6 Å². The smallest absolute Gasteiger partial charge is 0.306 e. The standard InChI is InChI=1S/C88H143NO8/c1-6-8-10-12-14-16-18-20-22-24-26-28-30-32-34-36-38-39-40-41-42-43-44-45-46-47-49-51-53-55-57-59-61-63-65-67-69-71-73-75-77-79-86(91)97-84(83-96-88(87(92)93)94-81-80-89(3,4)5)82-95-85(90)78-76-74-72-70-68-66-64-62-60-58-56-54-52-50-48-37-35-33-31-29-27-25-23-21-19-17-15-13-11-9-7-2/h8-11,14-17,20-23,26-29,32-35,38-39,41-42,44-45,48,50,54,56,84,88H,6-7,12-13,18-19,24-25,30-31,36-37,40,43,46-47,49,51-53,55,57-83H2,1-5H3/b10-8-,11-9-,16-14-,17-15-,22-20-,23-21-,28-26-,29-27-,34-32-,35-33-,39-38-,42-41-,45-44-,50-48-,56-54-. The molecule has 0 heterocycles. The van der Waals surface area contributed by atoms with E-state index < -0.39 is 24.3 Å². The number of carboxylic acids is 1. The average molecular weight is 1340 g/mol. The third-order valence-electron chi connectivity index (χ3n) is 16.1. The quantitative estimate of drug-likeness (QED) is 0.0195. The number of hydrogen-bond donors (Lipinski definition) is 0. The van der Waals surface area contributed by atoms with Crippen molar-refractivity contribution in [1.82, 2.24) is 0 Å². The average Bonchev–Trinajstić information content (AvgIpc) is 3.27. The lowest BCUT2D eigenvalue weighted by Crippen LogP contribution is -2.44. The highest BCUT2D eigenvalue weighted by atomic mass is 16.7. The predicted octanol–water partition coefficient (Wildman–Crippen LogP) is 23.8. The summed E-state index contributed by atoms with van der Waals surface area (Å²) in [6.07, 6.45) is 113. The van der Waals surface area contributed by atoms with E-state index in [0.717, 1.165) is 148 Å². The van der Waals surface area contributed by atoms with E-state index in [1.165, 1.54) is 116 Å². The van der Waals surface area contributed by atoms with Crippen molar-refractivity contribution in [2.45, 2.75) is 309 Å². The first-order valence-electron chi connectivity index (χ1n) is 38.9. The molecule has 0 aliphatic heterocycles. The van der Waals surface area contributed by atoms with Gasteiger partial charge < -0.3 is 33.3 Å². The van der Waals surface area contributed by atoms with Gasteiger partial charge in [0.25, 0.3) is 0 Å². The second kappa shape index (κ2) is 76.1. The molecule has 0 aliphatic rings. The van der Waals surface area contributed by atoms with Gasteiger partial charge in [-0.05, 0) is 135 Å². The zero-order valence-electron chi connectivity index (χ0n) is 62.6. The predicted molar refractivity (Wildman–Crippen MR) is 416 cm³/mol. The van der Waals surface area contributed by atoms with Gasteiger partial charge in [0.15, 0.2) is 12.4 Å². The van der Waals surface area contributed by atoms with Crippen LogP contribution >= 0.6 is 0 Å². The van der Waals surface area contributed by atoms with Crippen molar-refractivity contribution in [3.63, 3.8) is 0 Å². The Bertz CT molecular complexity index is 2260. The molecule has 0 aromatic rings. The highest BCUT2D eigenvalue weighted by Crippen LogP contribution is 2.17. The number of unbranched alkanes of at least 4 members (excludes halogenated alkanes) is 25. The van der Waals surface area contributed by atoms with Crippen LogP contribution in [0.25, 0.3) is 0 Å². The molecule has 0 saturated carbocycles. The number of likely N-dealkylation sites (N-methyl/N-ethyl adjacent to an activating group) is 1. The summed E-state index contributed by atoms with van der Waals surface area (Å²) in [4.78, 5) is 37.6. The second-order valence-corrected chi connectivity index (χ2v) is 26.5. The zero-order valence-corrected chi connectivity index (χ0v) is 62.6. The molecule has 0 radical (unpaired) electrons. The second-order valence-electron chi connectivity index (χ2n) is 26.5. The van der Waals surface area contributed by atoms with E-state index in [4.69, 9.17) is 18.9 Å². The number of nitrogens with zero attached hydrogens (tertiary/aromatic N) is 1. The number of quaternary nitrogens is 1. The maximum atomic E-state index is 13.0. The Morgan fingerprint density at radius 1 is 0.309 bits per heavy atom. The van der Waals surface area contributed by atoms with Crippen molar-refractivity contribution < 1.29 is 42.9 Å². The molecule has 0 aliphatic carbocycles. The molecule has 0 spiro atoms. The first kappa shape index (κ1) is 91.4. The Kier molecular flexibility index (Phi) is 71.7. The van der Waals surface area contributed by atoms with E-state index >= 15 is 0 Å². The fourth-order valence-electron chi connectivity index (χ4n) is 10.3. The summed E-state index contributed by atoms with van der Waals surface area (Å²) in [5.41, 5.74) is 0. The van der Waals surface area contributed by atoms with Gasteiger partial charge in [-0.1, -0.05) is 331 Å². The molecule has 0 rings (SSSR count). The van der Waals surface area contributed by atoms with Crippen LogP contribution in [0.4, 0.5) is 0 Å². The van der Waals surface area contributed by atoms with E-state index in [9.17, 15) is 19.5 Å². The number of allylic oxidation sites excluding steroid dienone is 30. The summed E-state index contributed by atoms with van der Waals surface area (Å²) in [5.74, 6) is -2.30. The van der Waals surface area contributed by atoms with E-state index in [1.807, 2.05) is 21.1 Å². The number of esters is 2. The first-order valence-corrected chi connectivity index (χ1v) is 38.9. The van der Waals surface area contributed by atoms with Crippen molar-refractivity contribution in [3.8, 4) is 0 Å². The van der Waals surface area contributed by atoms with Crippen LogP contribution in [0, 0.1) is 0 Å². The lowest BCUT2D eigenvalue weighted by atomic mass is 10.0. The highest BCUT2D eigenvalue weighted by Gasteiger charge is 2.22. The molecule has 0 bridgehead atoms. The first-order chi connectivity index (χ1) is 47.6. The molecular formula is C88H143NO8. The van der Waals surface area contributed by atoms with E-state index in [0.29, 0.717) is 17.4 Å². The van der Waals surface area contributed by atoms with Crippen LogP contribution in [-0.4, -0.2) is 82.3 Å². The van der Waals surface area contributed by atoms with Crippen molar-refractivity contribution in [2.24, 2.45) is 0 Å². The Morgan fingerprint density at radius 3 is 0.825 bits per heavy atom. The molecule has 9 heteroatoms. The van der Waals surface area contributed by atoms with Crippen LogP contribution in [0.2, 0.25) is 0 Å². The Balaban J connectivity index is 4.10. The minimum atomic E-state index is -1.63. The molecule has 97 heavy (non-hydrogen) atoms. The molecular weight excluding hydrogens is 1200 g/mol. The van der Waals surface area contributed by atoms with Crippen LogP contribution in [0.1, 0.15) is 296 Å². The number of aliphatic carboxylic acids is 1. The van der Waals surface area contributed by atoms with Gasteiger partial charge in [-0.2, -0.15) is 0 Å². The molecule has 0 amide bonds. The summed E-state index contributed by atoms with van der Waals surface area (Å²) in [7, 11) is 5.93. The van der Waals surface area contributed by atoms with Crippen molar-refractivity contribution >= 4 is 17.9 Å². The van der Waals surface area contributed by atoms with Gasteiger partial charge in [0.1, 0.15) is 13.2 Å². The van der Waals surface area contributed by atoms with Crippen molar-refractivity contribution in [1.29, 1.82) is 0 Å². The minimum Gasteiger partial charge on any atom is -0.545 e. The zero-order chi connectivity index (χ0) is 70.4. The van der Waals surface area contributed by atoms with Crippen LogP contribution in [0.5, 0.6) is 0 Å². The Hall–Kier alpha value is -5.61. The summed E-state index contributed by atoms with van der Waals surface area (Å²) in [6.45, 7) is 4.51. The number of hydrogen-bond acceptors (Lipinski definition) is 8. The third kappa shape index (κ3) is 77.6. The summed E-state index contributed by atoms with van der Waals surface area (Å²) in [5, 5.41) is 11.9. The third-order valence-corrected chi connectivity index (χ3v) is 16.1. The van der Waals surface area contributed by atoms with Crippen molar-refractivity contribution in [3.05, 3.63) is 182 Å². The lowest BCUT2D eigenvalue weighted by molar-refractivity contribution is -0.870. The SMILES string of the molecule is CC/C=C\C/C=C\C/C=C\C/C=C\C/C=C\C/C=C\C/C=C\C/C=C\CCCCCCCCCCCCCCCCCCC(=O)OC(COC(=O)CCCCCCCCCCC/C=C\C/C=C\C/C=C\C/C=C\C/C=C\C/C=C\C/C=C\CC)COC(OCC[N+](C)(C)C)C(=O)[O-]. The highest BCUT2D eigenvalue weighted by molar-refractivity contribution is 5.70. The van der Waals surface area contributed by atoms with Gasteiger partial charge in [-0.15, -0.1) is 0 Å². The molecule has 0 aromatic carbocycles. The topological polar surface area (TPSA) is 111 Å². The fraction of sp³-hybridized carbons (Fsp3) is 0.625. The number of rotatable bonds is 70. The van der Waals surface area contributed by atoms with Crippen LogP contribution < -0.4 is 5.11 Å². The van der Waals surface area contributed by atoms with E-state index in [2.05, 4.69) is 196 Å². The Morgan fingerprint density at radius 2 is 0.557 bits per heavy atom. The summed E-state index contributed by atoms with van der Waals surface area (Å²) in [6, 6.07) is 0. The molecule has 2 atom stereocenters. The number of carboxylic acid groups (broad SMARTS) is 1. The van der Waals surface area contributed by atoms with Crippen LogP contribution in [0.15, 0.2) is 182 Å². The van der Waals surface area contributed by atoms with E-state index in [1.54, 1.807) is 0 Å².